The summed E-state index contributed by atoms with van der Waals surface area (Å²) in [7, 11) is 0. The van der Waals surface area contributed by atoms with Crippen LogP contribution in [-0.2, 0) is 6.42 Å². The van der Waals surface area contributed by atoms with Crippen LogP contribution in [0.4, 0.5) is 8.78 Å². The van der Waals surface area contributed by atoms with E-state index in [9.17, 15) is 8.78 Å². The molecular weight excluding hydrogens is 364 g/mol. The fourth-order valence-electron chi connectivity index (χ4n) is 2.13. The Morgan fingerprint density at radius 1 is 1.19 bits per heavy atom. The topological polar surface area (TPSA) is 30.7 Å². The van der Waals surface area contributed by atoms with Crippen molar-refractivity contribution >= 4 is 38.7 Å². The number of aromatic nitrogens is 3. The number of hydrogen-bond acceptors (Lipinski definition) is 2. The predicted molar refractivity (Wildman–Crippen MR) is 80.9 cm³/mol. The van der Waals surface area contributed by atoms with Gasteiger partial charge in [-0.15, -0.1) is 11.6 Å². The number of hydrogen-bond donors (Lipinski definition) is 0. The van der Waals surface area contributed by atoms with Crippen LogP contribution in [-0.4, -0.2) is 20.4 Å². The lowest BCUT2D eigenvalue weighted by atomic mass is 10.3. The maximum Gasteiger partial charge on any atom is 0.164 e. The van der Waals surface area contributed by atoms with Crippen LogP contribution in [0.15, 0.2) is 34.9 Å². The van der Waals surface area contributed by atoms with Crippen molar-refractivity contribution in [2.75, 3.05) is 5.88 Å². The molecule has 0 aliphatic heterocycles. The van der Waals surface area contributed by atoms with Crippen LogP contribution in [0, 0.1) is 11.6 Å². The molecule has 0 aliphatic rings. The van der Waals surface area contributed by atoms with Crippen molar-refractivity contribution in [2.24, 2.45) is 0 Å². The summed E-state index contributed by atoms with van der Waals surface area (Å²) in [5, 5.41) is 0. The fourth-order valence-corrected chi connectivity index (χ4v) is 2.62. The van der Waals surface area contributed by atoms with Gasteiger partial charge in [0.05, 0.1) is 5.69 Å². The smallest absolute Gasteiger partial charge is 0.164 e. The van der Waals surface area contributed by atoms with E-state index in [1.54, 1.807) is 10.8 Å². The molecule has 0 spiro atoms. The Balaban J connectivity index is 2.27. The normalized spacial score (nSPS) is 11.2. The molecule has 0 saturated heterocycles. The third-order valence-electron chi connectivity index (χ3n) is 3.01. The molecule has 0 bridgehead atoms. The van der Waals surface area contributed by atoms with Gasteiger partial charge >= 0.3 is 0 Å². The highest BCUT2D eigenvalue weighted by Gasteiger charge is 2.15. The van der Waals surface area contributed by atoms with Crippen LogP contribution in [0.5, 0.6) is 0 Å². The molecule has 2 heterocycles. The molecule has 0 saturated carbocycles. The van der Waals surface area contributed by atoms with Crippen molar-refractivity contribution in [3.8, 4) is 5.69 Å². The fraction of sp³-hybridized carbons (Fsp3) is 0.143. The number of nitrogens with zero attached hydrogens (tertiary/aromatic N) is 3. The van der Waals surface area contributed by atoms with E-state index in [2.05, 4.69) is 25.9 Å². The van der Waals surface area contributed by atoms with Crippen molar-refractivity contribution in [3.63, 3.8) is 0 Å². The number of imidazole rings is 1. The molecule has 3 rings (SSSR count). The second-order valence-electron chi connectivity index (χ2n) is 4.40. The van der Waals surface area contributed by atoms with Crippen molar-refractivity contribution in [1.82, 2.24) is 14.5 Å². The van der Waals surface area contributed by atoms with E-state index >= 15 is 0 Å². The number of pyridine rings is 1. The quantitative estimate of drug-likeness (QED) is 0.644. The highest BCUT2D eigenvalue weighted by atomic mass is 79.9. The monoisotopic (exact) mass is 371 g/mol. The third kappa shape index (κ3) is 2.65. The molecule has 108 valence electrons. The molecule has 0 amide bonds. The van der Waals surface area contributed by atoms with Gasteiger partial charge in [0.25, 0.3) is 0 Å². The highest BCUT2D eigenvalue weighted by molar-refractivity contribution is 9.10. The first kappa shape index (κ1) is 14.4. The van der Waals surface area contributed by atoms with Crippen molar-refractivity contribution < 1.29 is 8.78 Å². The van der Waals surface area contributed by atoms with Crippen LogP contribution >= 0.6 is 27.5 Å². The number of alkyl halides is 1. The second kappa shape index (κ2) is 5.69. The molecule has 0 atom stereocenters. The summed E-state index contributed by atoms with van der Waals surface area (Å²) < 4.78 is 29.1. The van der Waals surface area contributed by atoms with E-state index < -0.39 is 11.6 Å². The minimum absolute atomic E-state index is 0.369. The van der Waals surface area contributed by atoms with E-state index in [4.69, 9.17) is 11.6 Å². The van der Waals surface area contributed by atoms with Gasteiger partial charge in [0, 0.05) is 29.0 Å². The summed E-state index contributed by atoms with van der Waals surface area (Å²) in [6.45, 7) is 0. The molecule has 0 aliphatic carbocycles. The number of rotatable bonds is 3. The van der Waals surface area contributed by atoms with Crippen molar-refractivity contribution in [3.05, 3.63) is 52.4 Å². The highest BCUT2D eigenvalue weighted by Crippen LogP contribution is 2.24. The van der Waals surface area contributed by atoms with Crippen LogP contribution in [0.3, 0.4) is 0 Å². The summed E-state index contributed by atoms with van der Waals surface area (Å²) in [5.41, 5.74) is 1.70. The van der Waals surface area contributed by atoms with Crippen LogP contribution in [0.25, 0.3) is 16.9 Å². The SMILES string of the molecule is Fc1ccc(-n2c(CCCl)nc3cc(Br)cnc32)cc1F. The van der Waals surface area contributed by atoms with Gasteiger partial charge in [0.1, 0.15) is 11.3 Å². The van der Waals surface area contributed by atoms with Gasteiger partial charge < -0.3 is 0 Å². The lowest BCUT2D eigenvalue weighted by molar-refractivity contribution is 0.508. The average molecular weight is 373 g/mol. The summed E-state index contributed by atoms with van der Waals surface area (Å²) in [5.74, 6) is -0.786. The van der Waals surface area contributed by atoms with Gasteiger partial charge in [0.2, 0.25) is 0 Å². The van der Waals surface area contributed by atoms with E-state index in [-0.39, 0.29) is 0 Å². The first-order chi connectivity index (χ1) is 10.1. The maximum absolute atomic E-state index is 13.5. The summed E-state index contributed by atoms with van der Waals surface area (Å²) in [6.07, 6.45) is 2.12. The van der Waals surface area contributed by atoms with Crippen molar-refractivity contribution in [2.45, 2.75) is 6.42 Å². The minimum atomic E-state index is -0.914. The van der Waals surface area contributed by atoms with Crippen LogP contribution in [0.1, 0.15) is 5.82 Å². The molecule has 3 aromatic rings. The standard InChI is InChI=1S/C14H9BrClF2N3/c15-8-5-12-14(19-7-8)21(13(20-12)3-4-16)9-1-2-10(17)11(18)6-9/h1-2,5-7H,3-4H2. The molecule has 2 aromatic heterocycles. The number of fused-ring (bicyclic) bond motifs is 1. The van der Waals surface area contributed by atoms with Crippen LogP contribution < -0.4 is 0 Å². The van der Waals surface area contributed by atoms with Gasteiger partial charge in [0.15, 0.2) is 17.3 Å². The zero-order valence-corrected chi connectivity index (χ0v) is 13.0. The lowest BCUT2D eigenvalue weighted by Crippen LogP contribution is -2.04. The lowest BCUT2D eigenvalue weighted by Gasteiger charge is -2.08. The largest absolute Gasteiger partial charge is 0.281 e. The summed E-state index contributed by atoms with van der Waals surface area (Å²) in [4.78, 5) is 8.77. The molecule has 1 aromatic carbocycles. The average Bonchev–Trinajstić information content (AvgIpc) is 2.79. The van der Waals surface area contributed by atoms with Gasteiger partial charge in [-0.25, -0.2) is 18.7 Å². The first-order valence-corrected chi connectivity index (χ1v) is 7.47. The Kier molecular flexibility index (Phi) is 3.91. The van der Waals surface area contributed by atoms with E-state index in [1.165, 1.54) is 6.07 Å². The van der Waals surface area contributed by atoms with E-state index in [1.807, 2.05) is 6.07 Å². The van der Waals surface area contributed by atoms with E-state index in [0.29, 0.717) is 35.0 Å². The zero-order chi connectivity index (χ0) is 15.0. The molecule has 0 N–H and O–H groups in total. The first-order valence-electron chi connectivity index (χ1n) is 6.14. The molecule has 3 nitrogen and oxygen atoms in total. The minimum Gasteiger partial charge on any atom is -0.281 e. The Morgan fingerprint density at radius 2 is 2.00 bits per heavy atom. The Hall–Kier alpha value is -1.53. The van der Waals surface area contributed by atoms with E-state index in [0.717, 1.165) is 16.6 Å². The molecule has 7 heteroatoms. The molecule has 0 fully saturated rings. The molecule has 0 unspecified atom stereocenters. The second-order valence-corrected chi connectivity index (χ2v) is 5.69. The van der Waals surface area contributed by atoms with Crippen molar-refractivity contribution in [1.29, 1.82) is 0 Å². The molecule has 21 heavy (non-hydrogen) atoms. The number of aryl methyl sites for hydroxylation is 1. The van der Waals surface area contributed by atoms with Gasteiger partial charge in [-0.3, -0.25) is 4.57 Å². The Morgan fingerprint density at radius 3 is 2.71 bits per heavy atom. The maximum atomic E-state index is 13.5. The number of benzene rings is 1. The van der Waals surface area contributed by atoms with Gasteiger partial charge in [-0.05, 0) is 34.1 Å². The predicted octanol–water partition coefficient (Wildman–Crippen LogP) is 4.24. The summed E-state index contributed by atoms with van der Waals surface area (Å²) in [6, 6.07) is 5.51. The Bertz CT molecular complexity index is 819. The third-order valence-corrected chi connectivity index (χ3v) is 3.64. The zero-order valence-electron chi connectivity index (χ0n) is 10.7. The molecule has 0 radical (unpaired) electrons. The van der Waals surface area contributed by atoms with Crippen LogP contribution in [0.2, 0.25) is 0 Å². The summed E-state index contributed by atoms with van der Waals surface area (Å²) >= 11 is 9.13. The van der Waals surface area contributed by atoms with Gasteiger partial charge in [-0.1, -0.05) is 0 Å². The number of halogens is 4. The Labute approximate surface area is 132 Å². The molecular formula is C14H9BrClF2N3. The van der Waals surface area contributed by atoms with Gasteiger partial charge in [-0.2, -0.15) is 0 Å².